The molecule has 1 aliphatic carbocycles. The van der Waals surface area contributed by atoms with Crippen molar-refractivity contribution < 1.29 is 28.5 Å². The first-order chi connectivity index (χ1) is 17.9. The zero-order chi connectivity index (χ0) is 26.3. The van der Waals surface area contributed by atoms with Crippen LogP contribution >= 0.6 is 0 Å². The van der Waals surface area contributed by atoms with Crippen LogP contribution in [0.1, 0.15) is 31.2 Å². The minimum atomic E-state index is -1.98. The predicted octanol–water partition coefficient (Wildman–Crippen LogP) is 5.43. The first-order valence-electron chi connectivity index (χ1n) is 11.6. The third-order valence-electron chi connectivity index (χ3n) is 5.15. The third kappa shape index (κ3) is 12.5. The van der Waals surface area contributed by atoms with Crippen molar-refractivity contribution in [3.8, 4) is 4.20 Å². The second-order valence-electron chi connectivity index (χ2n) is 7.51. The quantitative estimate of drug-likeness (QED) is 0.153. The molecule has 4 heteroatoms. The predicted molar refractivity (Wildman–Crippen MR) is 144 cm³/mol. The molecule has 4 aromatic rings. The fourth-order valence-corrected chi connectivity index (χ4v) is 11.4. The molecule has 1 fully saturated rings. The summed E-state index contributed by atoms with van der Waals surface area (Å²) in [6.07, 6.45) is 8.00. The summed E-state index contributed by atoms with van der Waals surface area (Å²) in [6, 6.07) is 43.1. The van der Waals surface area contributed by atoms with Crippen molar-refractivity contribution in [3.63, 3.8) is 0 Å². The fraction of sp³-hybridized carbons (Fsp3) is 0.125. The van der Waals surface area contributed by atoms with Crippen LogP contribution in [-0.4, -0.2) is 19.8 Å². The fourth-order valence-electron chi connectivity index (χ4n) is 3.54. The van der Waals surface area contributed by atoms with Gasteiger partial charge in [0.05, 0.1) is 0 Å². The Morgan fingerprint density at radius 2 is 0.861 bits per heavy atom. The van der Waals surface area contributed by atoms with E-state index < -0.39 is 19.8 Å². The Morgan fingerprint density at radius 1 is 0.556 bits per heavy atom. The van der Waals surface area contributed by atoms with Crippen molar-refractivity contribution in [2.24, 2.45) is 0 Å². The van der Waals surface area contributed by atoms with Crippen LogP contribution in [0.3, 0.4) is 0 Å². The van der Waals surface area contributed by atoms with Crippen LogP contribution in [0, 0.1) is 23.9 Å². The number of rotatable bonds is 3. The van der Waals surface area contributed by atoms with E-state index in [2.05, 4.69) is 115 Å². The Bertz CT molecular complexity index is 1030. The molecule has 0 spiro atoms. The van der Waals surface area contributed by atoms with Gasteiger partial charge in [-0.2, -0.15) is 12.8 Å². The maximum absolute atomic E-state index is 7.50. The average Bonchev–Trinajstić information content (AvgIpc) is 3.59. The van der Waals surface area contributed by atoms with Gasteiger partial charge in [-0.05, 0) is 0 Å². The molecule has 0 atom stereocenters. The van der Waals surface area contributed by atoms with Crippen LogP contribution in [0.4, 0.5) is 0 Å². The van der Waals surface area contributed by atoms with Gasteiger partial charge in [0.2, 0.25) is 0 Å². The summed E-state index contributed by atoms with van der Waals surface area (Å²) in [4.78, 5) is 0. The molecular weight excluding hydrogens is 719 g/mol. The van der Waals surface area contributed by atoms with Gasteiger partial charge in [0.25, 0.3) is 0 Å². The van der Waals surface area contributed by atoms with E-state index in [1.807, 2.05) is 30.3 Å². The Morgan fingerprint density at radius 3 is 1.08 bits per heavy atom. The number of hydrogen-bond donors (Lipinski definition) is 0. The second-order valence-corrected chi connectivity index (χ2v) is 15.3. The molecular formula is C32H29O2SnW+. The monoisotopic (exact) mass is 749 g/mol. The summed E-state index contributed by atoms with van der Waals surface area (Å²) in [5.41, 5.74) is 1.20. The van der Waals surface area contributed by atoms with Gasteiger partial charge in [0, 0.05) is 0 Å². The summed E-state index contributed by atoms with van der Waals surface area (Å²) in [5, 5.41) is 0. The average molecular weight is 748 g/mol. The van der Waals surface area contributed by atoms with Crippen LogP contribution in [0.5, 0.6) is 0 Å². The van der Waals surface area contributed by atoms with Gasteiger partial charge in [0.15, 0.2) is 0 Å². The van der Waals surface area contributed by atoms with E-state index >= 15 is 0 Å². The SMILES string of the molecule is [C-]#[O+].[C-]#[O+].[CH-]1CCCC1.[W+]#[C]c1ccccc1.c1cc[c]([Sn+]([c]2ccccc2)[c]2ccccc2)cc1. The van der Waals surface area contributed by atoms with Gasteiger partial charge in [-0.3, -0.25) is 0 Å². The van der Waals surface area contributed by atoms with Crippen LogP contribution in [-0.2, 0) is 28.5 Å². The van der Waals surface area contributed by atoms with E-state index in [1.54, 1.807) is 0 Å². The first-order valence-corrected chi connectivity index (χ1v) is 17.3. The summed E-state index contributed by atoms with van der Waals surface area (Å²) in [7, 11) is 0. The molecule has 0 bridgehead atoms. The standard InChI is InChI=1S/C7H5.3C6H5.C5H9.2CO.Sn.W/c1-7-5-3-2-4-6-7;3*1-2-4-6-5-3-1;1-2-4-5-3-1;2*1-2;;/h2-6H;3*1-5H;1H,2-5H2;;;;/q;;;;-1;;;2*+1. The summed E-state index contributed by atoms with van der Waals surface area (Å²) < 4.78 is 22.7. The Hall–Kier alpha value is -2.37. The van der Waals surface area contributed by atoms with E-state index in [1.165, 1.54) is 61.1 Å². The summed E-state index contributed by atoms with van der Waals surface area (Å²) in [6.45, 7) is 9.00. The molecule has 0 radical (unpaired) electrons. The number of hydrogen-bond acceptors (Lipinski definition) is 0. The molecule has 0 heterocycles. The van der Waals surface area contributed by atoms with Crippen LogP contribution in [0.25, 0.3) is 0 Å². The maximum atomic E-state index is 7.50. The molecule has 0 aliphatic heterocycles. The van der Waals surface area contributed by atoms with Crippen LogP contribution in [0.2, 0.25) is 0 Å². The van der Waals surface area contributed by atoms with Gasteiger partial charge in [-0.1, -0.05) is 12.8 Å². The van der Waals surface area contributed by atoms with Gasteiger partial charge < -0.3 is 6.42 Å². The van der Waals surface area contributed by atoms with E-state index in [-0.39, 0.29) is 0 Å². The van der Waals surface area contributed by atoms with Gasteiger partial charge in [-0.25, -0.2) is 0 Å². The first kappa shape index (κ1) is 31.7. The zero-order valence-electron chi connectivity index (χ0n) is 20.2. The van der Waals surface area contributed by atoms with Crippen LogP contribution < -0.4 is 10.7 Å². The van der Waals surface area contributed by atoms with Crippen molar-refractivity contribution in [1.29, 1.82) is 0 Å². The Labute approximate surface area is 234 Å². The third-order valence-corrected chi connectivity index (χ3v) is 13.8. The molecule has 178 valence electrons. The molecule has 36 heavy (non-hydrogen) atoms. The topological polar surface area (TPSA) is 39.8 Å². The van der Waals surface area contributed by atoms with Crippen LogP contribution in [0.15, 0.2) is 121 Å². The van der Waals surface area contributed by atoms with Crippen molar-refractivity contribution in [3.05, 3.63) is 147 Å². The molecule has 0 saturated heterocycles. The summed E-state index contributed by atoms with van der Waals surface area (Å²) in [5.74, 6) is 0. The van der Waals surface area contributed by atoms with Gasteiger partial charge in [0.1, 0.15) is 0 Å². The molecule has 4 aromatic carbocycles. The Kier molecular flexibility index (Phi) is 19.2. The second kappa shape index (κ2) is 21.9. The summed E-state index contributed by atoms with van der Waals surface area (Å²) >= 11 is -0.601. The normalized spacial score (nSPS) is 10.5. The molecule has 0 N–H and O–H groups in total. The van der Waals surface area contributed by atoms with E-state index in [0.29, 0.717) is 0 Å². The van der Waals surface area contributed by atoms with E-state index in [9.17, 15) is 0 Å². The molecule has 5 rings (SSSR count). The van der Waals surface area contributed by atoms with Crippen molar-refractivity contribution in [2.75, 3.05) is 0 Å². The van der Waals surface area contributed by atoms with Gasteiger partial charge >= 0.3 is 203 Å². The molecule has 0 amide bonds. The van der Waals surface area contributed by atoms with Gasteiger partial charge in [-0.15, -0.1) is 0 Å². The molecule has 0 unspecified atom stereocenters. The van der Waals surface area contributed by atoms with Crippen molar-refractivity contribution >= 4 is 30.5 Å². The molecule has 1 saturated carbocycles. The van der Waals surface area contributed by atoms with Crippen molar-refractivity contribution in [2.45, 2.75) is 25.7 Å². The number of benzene rings is 4. The minimum absolute atomic E-state index is 1.20. The van der Waals surface area contributed by atoms with Crippen molar-refractivity contribution in [1.82, 2.24) is 0 Å². The van der Waals surface area contributed by atoms with E-state index in [0.717, 1.165) is 0 Å². The van der Waals surface area contributed by atoms with E-state index in [4.69, 9.17) is 9.30 Å². The molecule has 1 aliphatic rings. The molecule has 2 nitrogen and oxygen atoms in total. The Balaban J connectivity index is 0.000000313. The molecule has 0 aromatic heterocycles. The zero-order valence-corrected chi connectivity index (χ0v) is 26.0.